The molecule has 0 amide bonds. The Kier molecular flexibility index (Phi) is 3.44. The van der Waals surface area contributed by atoms with Crippen molar-refractivity contribution in [2.24, 2.45) is 0 Å². The molecular weight excluding hydrogens is 179 g/mol. The first kappa shape index (κ1) is 10.4. The van der Waals surface area contributed by atoms with Gasteiger partial charge in [-0.1, -0.05) is 0 Å². The molecule has 0 aliphatic carbocycles. The fraction of sp³-hybridized carbons (Fsp3) is 1.00. The summed E-state index contributed by atoms with van der Waals surface area (Å²) in [5.41, 5.74) is 0. The van der Waals surface area contributed by atoms with Gasteiger partial charge in [0.2, 0.25) is 0 Å². The van der Waals surface area contributed by atoms with Crippen molar-refractivity contribution in [1.82, 2.24) is 0 Å². The summed E-state index contributed by atoms with van der Waals surface area (Å²) in [6.07, 6.45) is -0.898. The third-order valence-corrected chi connectivity index (χ3v) is 1.92. The predicted octanol–water partition coefficient (Wildman–Crippen LogP) is 0.305. The van der Waals surface area contributed by atoms with Crippen LogP contribution in [0.4, 0.5) is 0 Å². The molecule has 12 heavy (non-hydrogen) atoms. The van der Waals surface area contributed by atoms with E-state index in [0.717, 1.165) is 0 Å². The topological polar surface area (TPSA) is 47.9 Å². The molecule has 4 nitrogen and oxygen atoms in total. The van der Waals surface area contributed by atoms with Crippen LogP contribution in [0, 0.1) is 0 Å². The van der Waals surface area contributed by atoms with Gasteiger partial charge in [0, 0.05) is 9.47 Å². The van der Waals surface area contributed by atoms with Crippen molar-refractivity contribution >= 4 is 9.47 Å². The highest BCUT2D eigenvalue weighted by Gasteiger charge is 2.36. The number of aliphatic hydroxyl groups excluding tert-OH is 1. The van der Waals surface area contributed by atoms with Gasteiger partial charge >= 0.3 is 0 Å². The molecule has 72 valence electrons. The van der Waals surface area contributed by atoms with Crippen LogP contribution in [0.15, 0.2) is 0 Å². The average molecular weight is 194 g/mol. The molecule has 1 fully saturated rings. The summed E-state index contributed by atoms with van der Waals surface area (Å²) in [7, 11) is 2.09. The Morgan fingerprint density at radius 2 is 2.42 bits per heavy atom. The maximum Gasteiger partial charge on any atom is 0.163 e. The van der Waals surface area contributed by atoms with E-state index in [2.05, 4.69) is 9.47 Å². The summed E-state index contributed by atoms with van der Waals surface area (Å²) in [6, 6.07) is 0. The molecule has 1 saturated heterocycles. The molecule has 1 aliphatic rings. The zero-order valence-electron chi connectivity index (χ0n) is 7.32. The molecule has 0 saturated carbocycles. The van der Waals surface area contributed by atoms with E-state index in [4.69, 9.17) is 14.0 Å². The van der Waals surface area contributed by atoms with E-state index in [1.807, 2.05) is 13.8 Å². The lowest BCUT2D eigenvalue weighted by Gasteiger charge is -2.19. The Morgan fingerprint density at radius 1 is 1.75 bits per heavy atom. The van der Waals surface area contributed by atoms with E-state index in [-0.39, 0.29) is 12.7 Å². The highest BCUT2D eigenvalue weighted by atomic mass is 31.0. The molecule has 0 radical (unpaired) electrons. The van der Waals surface area contributed by atoms with Gasteiger partial charge in [0.05, 0.1) is 13.2 Å². The van der Waals surface area contributed by atoms with E-state index in [9.17, 15) is 5.11 Å². The van der Waals surface area contributed by atoms with E-state index in [1.165, 1.54) is 0 Å². The van der Waals surface area contributed by atoms with Crippen molar-refractivity contribution in [2.75, 3.05) is 13.2 Å². The van der Waals surface area contributed by atoms with Crippen LogP contribution in [-0.4, -0.2) is 36.3 Å². The van der Waals surface area contributed by atoms with Crippen LogP contribution in [0.3, 0.4) is 0 Å². The molecule has 0 spiro atoms. The molecule has 1 aliphatic heterocycles. The van der Waals surface area contributed by atoms with Crippen molar-refractivity contribution in [3.8, 4) is 0 Å². The fourth-order valence-electron chi connectivity index (χ4n) is 1.11. The van der Waals surface area contributed by atoms with Gasteiger partial charge in [-0.3, -0.25) is 0 Å². The van der Waals surface area contributed by atoms with Gasteiger partial charge in [-0.25, -0.2) is 0 Å². The third-order valence-electron chi connectivity index (χ3n) is 1.73. The normalized spacial score (nSPS) is 30.5. The first-order chi connectivity index (χ1) is 5.55. The minimum absolute atomic E-state index is 0.245. The molecule has 0 aromatic carbocycles. The van der Waals surface area contributed by atoms with Crippen LogP contribution >= 0.6 is 9.47 Å². The van der Waals surface area contributed by atoms with E-state index < -0.39 is 11.9 Å². The molecule has 0 bridgehead atoms. The molecule has 3 atom stereocenters. The summed E-state index contributed by atoms with van der Waals surface area (Å²) < 4.78 is 15.4. The van der Waals surface area contributed by atoms with Crippen LogP contribution in [0.5, 0.6) is 0 Å². The van der Waals surface area contributed by atoms with Crippen LogP contribution < -0.4 is 0 Å². The fourth-order valence-corrected chi connectivity index (χ4v) is 1.31. The van der Waals surface area contributed by atoms with Gasteiger partial charge in [0.25, 0.3) is 0 Å². The van der Waals surface area contributed by atoms with Crippen LogP contribution in [0.2, 0.25) is 0 Å². The second-order valence-corrected chi connectivity index (χ2v) is 3.60. The molecule has 1 rings (SSSR count). The summed E-state index contributed by atoms with van der Waals surface area (Å²) in [5, 5.41) is 9.44. The van der Waals surface area contributed by atoms with E-state index in [0.29, 0.717) is 6.61 Å². The number of rotatable bonds is 3. The lowest BCUT2D eigenvalue weighted by Crippen LogP contribution is -2.33. The van der Waals surface area contributed by atoms with Crippen molar-refractivity contribution in [3.63, 3.8) is 0 Å². The Morgan fingerprint density at radius 3 is 2.83 bits per heavy atom. The molecule has 1 heterocycles. The van der Waals surface area contributed by atoms with Gasteiger partial charge in [0.15, 0.2) is 5.79 Å². The Balaban J connectivity index is 2.36. The van der Waals surface area contributed by atoms with Gasteiger partial charge < -0.3 is 19.1 Å². The maximum atomic E-state index is 9.44. The molecule has 0 aromatic heterocycles. The molecule has 0 aromatic rings. The number of hydrogen-bond donors (Lipinski definition) is 1. The first-order valence-electron chi connectivity index (χ1n) is 3.87. The zero-order chi connectivity index (χ0) is 9.19. The quantitative estimate of drug-likeness (QED) is 0.657. The smallest absolute Gasteiger partial charge is 0.163 e. The molecule has 5 heteroatoms. The highest BCUT2D eigenvalue weighted by Crippen LogP contribution is 2.24. The summed E-state index contributed by atoms with van der Waals surface area (Å²) >= 11 is 0. The predicted molar refractivity (Wildman–Crippen MR) is 46.6 cm³/mol. The van der Waals surface area contributed by atoms with Crippen LogP contribution in [-0.2, 0) is 14.0 Å². The minimum atomic E-state index is -0.621. The Labute approximate surface area is 74.5 Å². The van der Waals surface area contributed by atoms with Gasteiger partial charge in [0.1, 0.15) is 12.2 Å². The molecule has 1 N–H and O–H groups in total. The minimum Gasteiger partial charge on any atom is -0.388 e. The maximum absolute atomic E-state index is 9.44. The standard InChI is InChI=1S/C7H15O4P/c1-7(2)9-4-6(11-7)5(8)3-10-12/h5-6,8H,3-4,12H2,1-2H3/t5?,6-/m1/s1. The van der Waals surface area contributed by atoms with Gasteiger partial charge in [-0.05, 0) is 13.8 Å². The third kappa shape index (κ3) is 2.64. The van der Waals surface area contributed by atoms with Gasteiger partial charge in [-0.15, -0.1) is 0 Å². The molecular formula is C7H15O4P. The first-order valence-corrected chi connectivity index (χ1v) is 4.34. The Bertz CT molecular complexity index is 150. The zero-order valence-corrected chi connectivity index (χ0v) is 8.47. The Hall–Kier alpha value is 0.270. The van der Waals surface area contributed by atoms with Crippen LogP contribution in [0.1, 0.15) is 13.8 Å². The highest BCUT2D eigenvalue weighted by molar-refractivity contribution is 7.09. The monoisotopic (exact) mass is 194 g/mol. The van der Waals surface area contributed by atoms with Gasteiger partial charge in [-0.2, -0.15) is 0 Å². The van der Waals surface area contributed by atoms with E-state index in [1.54, 1.807) is 0 Å². The summed E-state index contributed by atoms with van der Waals surface area (Å²) in [6.45, 7) is 4.31. The van der Waals surface area contributed by atoms with Crippen molar-refractivity contribution in [3.05, 3.63) is 0 Å². The lowest BCUT2D eigenvalue weighted by molar-refractivity contribution is -0.152. The van der Waals surface area contributed by atoms with Crippen LogP contribution in [0.25, 0.3) is 0 Å². The number of aliphatic hydroxyl groups is 1. The van der Waals surface area contributed by atoms with Crippen molar-refractivity contribution in [1.29, 1.82) is 0 Å². The molecule has 2 unspecified atom stereocenters. The SMILES string of the molecule is CC1(C)OC[C@H](C(O)COP)O1. The summed E-state index contributed by atoms with van der Waals surface area (Å²) in [4.78, 5) is 0. The van der Waals surface area contributed by atoms with Crippen molar-refractivity contribution in [2.45, 2.75) is 31.8 Å². The average Bonchev–Trinajstić information content (AvgIpc) is 2.31. The second kappa shape index (κ2) is 3.99. The number of hydrogen-bond acceptors (Lipinski definition) is 4. The lowest BCUT2D eigenvalue weighted by atomic mass is 10.2. The second-order valence-electron chi connectivity index (χ2n) is 3.27. The number of ether oxygens (including phenoxy) is 2. The summed E-state index contributed by atoms with van der Waals surface area (Å²) in [5.74, 6) is -0.577. The van der Waals surface area contributed by atoms with E-state index >= 15 is 0 Å². The van der Waals surface area contributed by atoms with Crippen molar-refractivity contribution < 1.29 is 19.1 Å². The largest absolute Gasteiger partial charge is 0.388 e.